The van der Waals surface area contributed by atoms with Gasteiger partial charge in [-0.3, -0.25) is 0 Å². The fourth-order valence-corrected chi connectivity index (χ4v) is 3.69. The van der Waals surface area contributed by atoms with E-state index >= 15 is 0 Å². The van der Waals surface area contributed by atoms with E-state index in [2.05, 4.69) is 69.3 Å². The van der Waals surface area contributed by atoms with E-state index in [0.29, 0.717) is 5.92 Å². The monoisotopic (exact) mass is 365 g/mol. The van der Waals surface area contributed by atoms with Gasteiger partial charge in [0.2, 0.25) is 0 Å². The molecule has 114 valence electrons. The van der Waals surface area contributed by atoms with Gasteiger partial charge in [-0.05, 0) is 78.7 Å². The van der Waals surface area contributed by atoms with Gasteiger partial charge in [-0.15, -0.1) is 0 Å². The Bertz CT molecular complexity index is 510. The van der Waals surface area contributed by atoms with E-state index < -0.39 is 0 Å². The lowest BCUT2D eigenvalue weighted by Gasteiger charge is -2.18. The van der Waals surface area contributed by atoms with Crippen LogP contribution in [0.15, 0.2) is 45.6 Å². The van der Waals surface area contributed by atoms with E-state index in [-0.39, 0.29) is 0 Å². The topological polar surface area (TPSA) is 12.0 Å². The molecule has 1 unspecified atom stereocenters. The molecule has 21 heavy (non-hydrogen) atoms. The molecule has 0 saturated carbocycles. The number of nitrogens with one attached hydrogen (secondary N) is 1. The molecule has 0 amide bonds. The Morgan fingerprint density at radius 3 is 2.81 bits per heavy atom. The molecular formula is C18H24BrNS. The molecule has 2 rings (SSSR count). The van der Waals surface area contributed by atoms with Gasteiger partial charge in [0.05, 0.1) is 0 Å². The molecule has 1 aromatic carbocycles. The van der Waals surface area contributed by atoms with Gasteiger partial charge in [-0.1, -0.05) is 41.1 Å². The van der Waals surface area contributed by atoms with Gasteiger partial charge >= 0.3 is 0 Å². The highest BCUT2D eigenvalue weighted by atomic mass is 79.9. The summed E-state index contributed by atoms with van der Waals surface area (Å²) in [5, 5.41) is 8.04. The summed E-state index contributed by atoms with van der Waals surface area (Å²) in [6.45, 7) is 4.45. The lowest BCUT2D eigenvalue weighted by atomic mass is 9.93. The van der Waals surface area contributed by atoms with Crippen LogP contribution in [-0.4, -0.2) is 13.1 Å². The van der Waals surface area contributed by atoms with Crippen molar-refractivity contribution in [2.75, 3.05) is 13.1 Å². The first-order valence-corrected chi connectivity index (χ1v) is 9.48. The first-order valence-electron chi connectivity index (χ1n) is 7.74. The van der Waals surface area contributed by atoms with Crippen molar-refractivity contribution in [1.29, 1.82) is 0 Å². The molecule has 0 bridgehead atoms. The zero-order chi connectivity index (χ0) is 14.9. The second-order valence-electron chi connectivity index (χ2n) is 5.54. The van der Waals surface area contributed by atoms with Crippen LogP contribution >= 0.6 is 27.3 Å². The Hall–Kier alpha value is -0.640. The fraction of sp³-hybridized carbons (Fsp3) is 0.444. The summed E-state index contributed by atoms with van der Waals surface area (Å²) in [4.78, 5) is 0. The zero-order valence-electron chi connectivity index (χ0n) is 12.6. The van der Waals surface area contributed by atoms with Gasteiger partial charge in [-0.2, -0.15) is 11.3 Å². The number of aryl methyl sites for hydroxylation is 1. The maximum Gasteiger partial charge on any atom is 0.0207 e. The van der Waals surface area contributed by atoms with Gasteiger partial charge in [-0.25, -0.2) is 0 Å². The number of hydrogen-bond donors (Lipinski definition) is 1. The van der Waals surface area contributed by atoms with Gasteiger partial charge in [0.25, 0.3) is 0 Å². The van der Waals surface area contributed by atoms with E-state index in [1.165, 1.54) is 34.9 Å². The van der Waals surface area contributed by atoms with Crippen LogP contribution in [-0.2, 0) is 12.8 Å². The van der Waals surface area contributed by atoms with Crippen molar-refractivity contribution in [1.82, 2.24) is 5.32 Å². The molecule has 0 saturated heterocycles. The Morgan fingerprint density at radius 1 is 1.24 bits per heavy atom. The molecule has 0 radical (unpaired) electrons. The summed E-state index contributed by atoms with van der Waals surface area (Å²) < 4.78 is 1.24. The lowest BCUT2D eigenvalue weighted by molar-refractivity contribution is 0.443. The molecule has 1 N–H and O–H groups in total. The predicted octanol–water partition coefficient (Wildman–Crippen LogP) is 5.30. The third kappa shape index (κ3) is 5.93. The molecule has 0 aliphatic rings. The number of benzene rings is 1. The summed E-state index contributed by atoms with van der Waals surface area (Å²) in [5.74, 6) is 0.690. The molecule has 0 spiro atoms. The second kappa shape index (κ2) is 9.39. The Labute approximate surface area is 140 Å². The molecular weight excluding hydrogens is 342 g/mol. The van der Waals surface area contributed by atoms with Crippen molar-refractivity contribution in [3.63, 3.8) is 0 Å². The first-order chi connectivity index (χ1) is 10.3. The number of hydrogen-bond acceptors (Lipinski definition) is 2. The van der Waals surface area contributed by atoms with Crippen LogP contribution in [0, 0.1) is 5.92 Å². The molecule has 0 aliphatic carbocycles. The highest BCUT2D eigenvalue weighted by molar-refractivity contribution is 9.10. The first kappa shape index (κ1) is 16.7. The summed E-state index contributed by atoms with van der Waals surface area (Å²) in [7, 11) is 0. The molecule has 2 aromatic rings. The van der Waals surface area contributed by atoms with Crippen molar-refractivity contribution in [3.05, 3.63) is 56.7 Å². The Kier molecular flexibility index (Phi) is 7.48. The smallest absolute Gasteiger partial charge is 0.0207 e. The summed E-state index contributed by atoms with van der Waals surface area (Å²) >= 11 is 5.47. The normalized spacial score (nSPS) is 12.5. The molecule has 1 aromatic heterocycles. The minimum absolute atomic E-state index is 0.690. The van der Waals surface area contributed by atoms with Gasteiger partial charge < -0.3 is 5.32 Å². The maximum atomic E-state index is 3.68. The number of thiophene rings is 1. The van der Waals surface area contributed by atoms with Crippen LogP contribution in [0.4, 0.5) is 0 Å². The number of halogens is 1. The molecule has 0 fully saturated rings. The van der Waals surface area contributed by atoms with Gasteiger partial charge in [0, 0.05) is 4.47 Å². The fourth-order valence-electron chi connectivity index (χ4n) is 2.54. The Balaban J connectivity index is 1.92. The highest BCUT2D eigenvalue weighted by Crippen LogP contribution is 2.22. The summed E-state index contributed by atoms with van der Waals surface area (Å²) in [6, 6.07) is 10.9. The van der Waals surface area contributed by atoms with Gasteiger partial charge in [0.15, 0.2) is 0 Å². The van der Waals surface area contributed by atoms with Crippen molar-refractivity contribution in [2.24, 2.45) is 5.92 Å². The van der Waals surface area contributed by atoms with Crippen molar-refractivity contribution in [2.45, 2.75) is 32.6 Å². The van der Waals surface area contributed by atoms with Crippen LogP contribution in [0.3, 0.4) is 0 Å². The quantitative estimate of drug-likeness (QED) is 0.594. The van der Waals surface area contributed by atoms with E-state index in [9.17, 15) is 0 Å². The largest absolute Gasteiger partial charge is 0.316 e. The van der Waals surface area contributed by atoms with Crippen LogP contribution in [0.2, 0.25) is 0 Å². The van der Waals surface area contributed by atoms with E-state index in [1.54, 1.807) is 11.3 Å². The van der Waals surface area contributed by atoms with Crippen LogP contribution in [0.25, 0.3) is 0 Å². The van der Waals surface area contributed by atoms with Crippen LogP contribution in [0.1, 0.15) is 30.9 Å². The average molecular weight is 366 g/mol. The molecule has 3 heteroatoms. The van der Waals surface area contributed by atoms with E-state index in [0.717, 1.165) is 19.5 Å². The van der Waals surface area contributed by atoms with E-state index in [4.69, 9.17) is 0 Å². The summed E-state index contributed by atoms with van der Waals surface area (Å²) in [6.07, 6.45) is 4.77. The average Bonchev–Trinajstić information content (AvgIpc) is 3.00. The minimum Gasteiger partial charge on any atom is -0.316 e. The third-order valence-corrected chi connectivity index (χ3v) is 5.25. The van der Waals surface area contributed by atoms with Crippen LogP contribution < -0.4 is 5.32 Å². The van der Waals surface area contributed by atoms with Crippen LogP contribution in [0.5, 0.6) is 0 Å². The van der Waals surface area contributed by atoms with E-state index in [1.807, 2.05) is 0 Å². The minimum atomic E-state index is 0.690. The third-order valence-electron chi connectivity index (χ3n) is 3.75. The predicted molar refractivity (Wildman–Crippen MR) is 97.1 cm³/mol. The molecule has 1 nitrogen and oxygen atoms in total. The zero-order valence-corrected chi connectivity index (χ0v) is 15.1. The lowest BCUT2D eigenvalue weighted by Crippen LogP contribution is -2.25. The highest BCUT2D eigenvalue weighted by Gasteiger charge is 2.12. The van der Waals surface area contributed by atoms with Gasteiger partial charge in [0.1, 0.15) is 0 Å². The SMILES string of the molecule is CCCNCC(CCc1ccsc1)Cc1ccccc1Br. The standard InChI is InChI=1S/C18H24BrNS/c1-2-10-20-13-16(8-7-15-9-11-21-14-15)12-17-5-3-4-6-18(17)19/h3-6,9,11,14,16,20H,2,7-8,10,12-13H2,1H3. The molecule has 1 heterocycles. The van der Waals surface area contributed by atoms with Crippen molar-refractivity contribution < 1.29 is 0 Å². The Morgan fingerprint density at radius 2 is 2.10 bits per heavy atom. The van der Waals surface area contributed by atoms with Crippen molar-refractivity contribution >= 4 is 27.3 Å². The molecule has 1 atom stereocenters. The molecule has 0 aliphatic heterocycles. The number of rotatable bonds is 9. The maximum absolute atomic E-state index is 3.68. The van der Waals surface area contributed by atoms with Crippen molar-refractivity contribution in [3.8, 4) is 0 Å². The second-order valence-corrected chi connectivity index (χ2v) is 7.17. The summed E-state index contributed by atoms with van der Waals surface area (Å²) in [5.41, 5.74) is 2.90.